The van der Waals surface area contributed by atoms with Gasteiger partial charge in [-0.3, -0.25) is 14.6 Å². The average molecular weight is 331 g/mol. The summed E-state index contributed by atoms with van der Waals surface area (Å²) >= 11 is 1.34. The Hall–Kier alpha value is -2.28. The van der Waals surface area contributed by atoms with E-state index in [-0.39, 0.29) is 11.8 Å². The van der Waals surface area contributed by atoms with E-state index in [0.717, 1.165) is 10.7 Å². The molecule has 1 N–H and O–H groups in total. The van der Waals surface area contributed by atoms with E-state index >= 15 is 0 Å². The Balaban J connectivity index is 1.76. The molecule has 0 bridgehead atoms. The van der Waals surface area contributed by atoms with Crippen LogP contribution in [0.1, 0.15) is 28.2 Å². The van der Waals surface area contributed by atoms with Crippen molar-refractivity contribution in [3.05, 3.63) is 35.0 Å². The first-order chi connectivity index (χ1) is 11.1. The molecule has 6 nitrogen and oxygen atoms in total. The number of piperidine rings is 1. The van der Waals surface area contributed by atoms with Crippen molar-refractivity contribution in [2.24, 2.45) is 5.92 Å². The van der Waals surface area contributed by atoms with Gasteiger partial charge in [0.1, 0.15) is 9.88 Å². The summed E-state index contributed by atoms with van der Waals surface area (Å²) in [4.78, 5) is 34.7. The molecule has 3 rings (SSSR count). The number of hydrogen-bond acceptors (Lipinski definition) is 5. The van der Waals surface area contributed by atoms with Gasteiger partial charge in [0.2, 0.25) is 0 Å². The maximum Gasteiger partial charge on any atom is 0.306 e. The minimum absolute atomic E-state index is 0.0639. The second kappa shape index (κ2) is 6.45. The number of likely N-dealkylation sites (tertiary alicyclic amines) is 1. The van der Waals surface area contributed by atoms with Crippen molar-refractivity contribution < 1.29 is 14.7 Å². The molecule has 0 unspecified atom stereocenters. The number of aliphatic carboxylic acids is 1. The van der Waals surface area contributed by atoms with Gasteiger partial charge < -0.3 is 10.0 Å². The van der Waals surface area contributed by atoms with Gasteiger partial charge in [-0.2, -0.15) is 0 Å². The molecule has 1 fully saturated rings. The molecule has 120 valence electrons. The van der Waals surface area contributed by atoms with Gasteiger partial charge in [-0.1, -0.05) is 6.07 Å². The Morgan fingerprint density at radius 1 is 1.30 bits per heavy atom. The van der Waals surface area contributed by atoms with Gasteiger partial charge in [0.05, 0.1) is 17.3 Å². The minimum Gasteiger partial charge on any atom is -0.481 e. The summed E-state index contributed by atoms with van der Waals surface area (Å²) in [6.07, 6.45) is 2.71. The molecule has 1 aliphatic rings. The predicted molar refractivity (Wildman–Crippen MR) is 86.3 cm³/mol. The molecule has 0 radical (unpaired) electrons. The maximum absolute atomic E-state index is 12.7. The van der Waals surface area contributed by atoms with Gasteiger partial charge in [-0.15, -0.1) is 11.3 Å². The van der Waals surface area contributed by atoms with Gasteiger partial charge in [0, 0.05) is 19.3 Å². The summed E-state index contributed by atoms with van der Waals surface area (Å²) in [7, 11) is 0. The van der Waals surface area contributed by atoms with Crippen LogP contribution in [0.15, 0.2) is 24.4 Å². The molecule has 2 aromatic heterocycles. The number of pyridine rings is 1. The highest BCUT2D eigenvalue weighted by Crippen LogP contribution is 2.28. The van der Waals surface area contributed by atoms with Gasteiger partial charge in [-0.05, 0) is 31.9 Å². The van der Waals surface area contributed by atoms with Crippen LogP contribution in [0.4, 0.5) is 0 Å². The number of carbonyl (C=O) groups excluding carboxylic acids is 1. The molecule has 1 aliphatic heterocycles. The molecule has 7 heteroatoms. The number of carboxylic acid groups (broad SMARTS) is 1. The van der Waals surface area contributed by atoms with Crippen molar-refractivity contribution in [1.82, 2.24) is 14.9 Å². The maximum atomic E-state index is 12.7. The van der Waals surface area contributed by atoms with Crippen molar-refractivity contribution in [1.29, 1.82) is 0 Å². The van der Waals surface area contributed by atoms with Crippen LogP contribution in [-0.2, 0) is 4.79 Å². The highest BCUT2D eigenvalue weighted by atomic mass is 32.1. The van der Waals surface area contributed by atoms with E-state index in [1.165, 1.54) is 11.3 Å². The highest BCUT2D eigenvalue weighted by Gasteiger charge is 2.29. The smallest absolute Gasteiger partial charge is 0.306 e. The van der Waals surface area contributed by atoms with Crippen LogP contribution in [0.5, 0.6) is 0 Å². The summed E-state index contributed by atoms with van der Waals surface area (Å²) in [6.45, 7) is 2.78. The molecule has 0 saturated carbocycles. The number of amides is 1. The number of thiazole rings is 1. The van der Waals surface area contributed by atoms with Crippen molar-refractivity contribution in [3.63, 3.8) is 0 Å². The third-order valence-electron chi connectivity index (χ3n) is 4.01. The summed E-state index contributed by atoms with van der Waals surface area (Å²) in [5.41, 5.74) is 1.45. The predicted octanol–water partition coefficient (Wildman–Crippen LogP) is 2.45. The van der Waals surface area contributed by atoms with Crippen LogP contribution in [0.3, 0.4) is 0 Å². The van der Waals surface area contributed by atoms with Crippen LogP contribution >= 0.6 is 11.3 Å². The van der Waals surface area contributed by atoms with Crippen molar-refractivity contribution in [2.75, 3.05) is 13.1 Å². The van der Waals surface area contributed by atoms with Gasteiger partial charge >= 0.3 is 5.97 Å². The first-order valence-electron chi connectivity index (χ1n) is 7.47. The molecule has 0 spiro atoms. The minimum atomic E-state index is -0.775. The second-order valence-corrected chi connectivity index (χ2v) is 6.55. The van der Waals surface area contributed by atoms with Crippen LogP contribution in [0, 0.1) is 12.8 Å². The van der Waals surface area contributed by atoms with E-state index in [4.69, 9.17) is 5.11 Å². The SMILES string of the molecule is Cc1nc(-c2ccccn2)sc1C(=O)N1CCC(C(=O)O)CC1. The van der Waals surface area contributed by atoms with Crippen molar-refractivity contribution >= 4 is 23.2 Å². The lowest BCUT2D eigenvalue weighted by Crippen LogP contribution is -2.40. The Bertz CT molecular complexity index is 721. The second-order valence-electron chi connectivity index (χ2n) is 5.55. The van der Waals surface area contributed by atoms with Gasteiger partial charge in [0.25, 0.3) is 5.91 Å². The van der Waals surface area contributed by atoms with Crippen molar-refractivity contribution in [3.8, 4) is 10.7 Å². The lowest BCUT2D eigenvalue weighted by molar-refractivity contribution is -0.143. The zero-order valence-corrected chi connectivity index (χ0v) is 13.5. The number of aromatic nitrogens is 2. The van der Waals surface area contributed by atoms with Crippen LogP contribution < -0.4 is 0 Å². The largest absolute Gasteiger partial charge is 0.481 e. The van der Waals surface area contributed by atoms with E-state index in [1.807, 2.05) is 25.1 Å². The molecular weight excluding hydrogens is 314 g/mol. The standard InChI is InChI=1S/C16H17N3O3S/c1-10-13(23-14(18-10)12-4-2-3-7-17-12)15(20)19-8-5-11(6-9-19)16(21)22/h2-4,7,11H,5-6,8-9H2,1H3,(H,21,22). The Morgan fingerprint density at radius 2 is 2.04 bits per heavy atom. The Labute approximate surface area is 137 Å². The van der Waals surface area contributed by atoms with E-state index in [0.29, 0.717) is 36.5 Å². The topological polar surface area (TPSA) is 83.4 Å². The van der Waals surface area contributed by atoms with Crippen molar-refractivity contribution in [2.45, 2.75) is 19.8 Å². The first kappa shape index (κ1) is 15.6. The highest BCUT2D eigenvalue weighted by molar-refractivity contribution is 7.17. The number of hydrogen-bond donors (Lipinski definition) is 1. The molecule has 23 heavy (non-hydrogen) atoms. The normalized spacial score (nSPS) is 15.6. The fraction of sp³-hybridized carbons (Fsp3) is 0.375. The Kier molecular flexibility index (Phi) is 4.38. The number of rotatable bonds is 3. The molecule has 2 aromatic rings. The molecular formula is C16H17N3O3S. The number of carbonyl (C=O) groups is 2. The lowest BCUT2D eigenvalue weighted by Gasteiger charge is -2.29. The molecule has 1 amide bonds. The molecule has 1 saturated heterocycles. The number of nitrogens with zero attached hydrogens (tertiary/aromatic N) is 3. The van der Waals surface area contributed by atoms with Gasteiger partial charge in [-0.25, -0.2) is 4.98 Å². The zero-order chi connectivity index (χ0) is 16.4. The molecule has 0 aliphatic carbocycles. The number of carboxylic acids is 1. The van der Waals surface area contributed by atoms with Crippen LogP contribution in [-0.4, -0.2) is 44.9 Å². The van der Waals surface area contributed by atoms with E-state index in [2.05, 4.69) is 9.97 Å². The quantitative estimate of drug-likeness (QED) is 0.934. The fourth-order valence-electron chi connectivity index (χ4n) is 2.67. The van der Waals surface area contributed by atoms with Gasteiger partial charge in [0.15, 0.2) is 0 Å². The van der Waals surface area contributed by atoms with Crippen LogP contribution in [0.2, 0.25) is 0 Å². The average Bonchev–Trinajstić information content (AvgIpc) is 2.97. The Morgan fingerprint density at radius 3 is 2.65 bits per heavy atom. The third kappa shape index (κ3) is 3.24. The third-order valence-corrected chi connectivity index (χ3v) is 5.17. The number of aryl methyl sites for hydroxylation is 1. The van der Waals surface area contributed by atoms with E-state index < -0.39 is 5.97 Å². The fourth-order valence-corrected chi connectivity index (χ4v) is 3.68. The summed E-state index contributed by atoms with van der Waals surface area (Å²) in [5.74, 6) is -1.18. The zero-order valence-electron chi connectivity index (χ0n) is 12.7. The summed E-state index contributed by atoms with van der Waals surface area (Å²) < 4.78 is 0. The molecule has 0 atom stereocenters. The summed E-state index contributed by atoms with van der Waals surface area (Å²) in [6, 6.07) is 5.59. The molecule has 3 heterocycles. The van der Waals surface area contributed by atoms with Crippen LogP contribution in [0.25, 0.3) is 10.7 Å². The monoisotopic (exact) mass is 331 g/mol. The summed E-state index contributed by atoms with van der Waals surface area (Å²) in [5, 5.41) is 9.76. The first-order valence-corrected chi connectivity index (χ1v) is 8.29. The lowest BCUT2D eigenvalue weighted by atomic mass is 9.97. The van der Waals surface area contributed by atoms with E-state index in [1.54, 1.807) is 11.1 Å². The van der Waals surface area contributed by atoms with E-state index in [9.17, 15) is 9.59 Å². The molecule has 0 aromatic carbocycles.